The maximum absolute atomic E-state index is 13.4. The average Bonchev–Trinajstić information content (AvgIpc) is 2.80. The number of carbonyl (C=O) groups is 1. The smallest absolute Gasteiger partial charge is 0.257 e. The second kappa shape index (κ2) is 7.99. The molecule has 0 saturated heterocycles. The van der Waals surface area contributed by atoms with E-state index < -0.39 is 0 Å². The van der Waals surface area contributed by atoms with Crippen molar-refractivity contribution in [2.24, 2.45) is 0 Å². The van der Waals surface area contributed by atoms with Crippen molar-refractivity contribution in [1.82, 2.24) is 4.90 Å². The number of benzene rings is 3. The molecule has 0 aliphatic carbocycles. The summed E-state index contributed by atoms with van der Waals surface area (Å²) in [6.07, 6.45) is 0. The molecule has 4 heteroatoms. The minimum atomic E-state index is -0.192. The van der Waals surface area contributed by atoms with Crippen LogP contribution >= 0.6 is 0 Å². The average molecular weight is 397 g/mol. The van der Waals surface area contributed by atoms with Crippen molar-refractivity contribution in [3.8, 4) is 11.3 Å². The summed E-state index contributed by atoms with van der Waals surface area (Å²) in [7, 11) is 1.77. The van der Waals surface area contributed by atoms with E-state index in [0.29, 0.717) is 27.9 Å². The van der Waals surface area contributed by atoms with E-state index in [2.05, 4.69) is 0 Å². The Kier molecular flexibility index (Phi) is 5.23. The summed E-state index contributed by atoms with van der Waals surface area (Å²) in [4.78, 5) is 28.1. The standard InChI is InChI=1S/C26H23NO3/c1-17-23(28)21-15-10-16-22(25(21)30-24(17)20-13-8-5-9-14-20)26(29)27(3)18(2)19-11-6-4-7-12-19/h4-16,18H,1-3H3. The van der Waals surface area contributed by atoms with Gasteiger partial charge in [0.1, 0.15) is 5.76 Å². The summed E-state index contributed by atoms with van der Waals surface area (Å²) >= 11 is 0. The van der Waals surface area contributed by atoms with Crippen molar-refractivity contribution in [3.63, 3.8) is 0 Å². The fourth-order valence-corrected chi connectivity index (χ4v) is 3.66. The van der Waals surface area contributed by atoms with Crippen LogP contribution in [0, 0.1) is 6.92 Å². The van der Waals surface area contributed by atoms with Crippen LogP contribution in [0.1, 0.15) is 34.5 Å². The summed E-state index contributed by atoms with van der Waals surface area (Å²) < 4.78 is 6.20. The maximum atomic E-state index is 13.4. The van der Waals surface area contributed by atoms with E-state index in [9.17, 15) is 9.59 Å². The highest BCUT2D eigenvalue weighted by Gasteiger charge is 2.23. The Balaban J connectivity index is 1.84. The number of carbonyl (C=O) groups excluding carboxylic acids is 1. The molecular formula is C26H23NO3. The first kappa shape index (κ1) is 19.6. The van der Waals surface area contributed by atoms with Gasteiger partial charge in [-0.1, -0.05) is 66.7 Å². The van der Waals surface area contributed by atoms with Gasteiger partial charge in [0.25, 0.3) is 5.91 Å². The molecule has 1 heterocycles. The fraction of sp³-hybridized carbons (Fsp3) is 0.154. The number of fused-ring (bicyclic) bond motifs is 1. The number of para-hydroxylation sites is 1. The summed E-state index contributed by atoms with van der Waals surface area (Å²) in [5.74, 6) is 0.301. The van der Waals surface area contributed by atoms with Gasteiger partial charge < -0.3 is 9.32 Å². The van der Waals surface area contributed by atoms with Crippen LogP contribution in [-0.2, 0) is 0 Å². The van der Waals surface area contributed by atoms with E-state index in [-0.39, 0.29) is 17.4 Å². The van der Waals surface area contributed by atoms with E-state index in [1.807, 2.05) is 67.6 Å². The van der Waals surface area contributed by atoms with Crippen LogP contribution in [0.25, 0.3) is 22.3 Å². The maximum Gasteiger partial charge on any atom is 0.257 e. The van der Waals surface area contributed by atoms with Gasteiger partial charge >= 0.3 is 0 Å². The highest BCUT2D eigenvalue weighted by atomic mass is 16.3. The molecule has 0 radical (unpaired) electrons. The van der Waals surface area contributed by atoms with Gasteiger partial charge in [-0.05, 0) is 31.5 Å². The van der Waals surface area contributed by atoms with Gasteiger partial charge in [0.05, 0.1) is 17.0 Å². The lowest BCUT2D eigenvalue weighted by molar-refractivity contribution is 0.0743. The molecule has 0 spiro atoms. The second-order valence-electron chi connectivity index (χ2n) is 7.44. The molecule has 1 amide bonds. The van der Waals surface area contributed by atoms with Gasteiger partial charge in [0, 0.05) is 18.2 Å². The van der Waals surface area contributed by atoms with E-state index in [4.69, 9.17) is 4.42 Å². The van der Waals surface area contributed by atoms with Crippen molar-refractivity contribution in [1.29, 1.82) is 0 Å². The third-order valence-corrected chi connectivity index (χ3v) is 5.59. The lowest BCUT2D eigenvalue weighted by atomic mass is 10.0. The molecule has 0 N–H and O–H groups in total. The van der Waals surface area contributed by atoms with E-state index in [0.717, 1.165) is 11.1 Å². The lowest BCUT2D eigenvalue weighted by Crippen LogP contribution is -2.30. The van der Waals surface area contributed by atoms with Crippen molar-refractivity contribution in [2.45, 2.75) is 19.9 Å². The predicted octanol–water partition coefficient (Wildman–Crippen LogP) is 5.60. The van der Waals surface area contributed by atoms with Crippen molar-refractivity contribution in [2.75, 3.05) is 7.05 Å². The highest BCUT2D eigenvalue weighted by molar-refractivity contribution is 6.05. The molecular weight excluding hydrogens is 374 g/mol. The molecule has 1 atom stereocenters. The minimum absolute atomic E-state index is 0.122. The number of hydrogen-bond acceptors (Lipinski definition) is 3. The molecule has 1 aromatic heterocycles. The number of amides is 1. The predicted molar refractivity (Wildman–Crippen MR) is 120 cm³/mol. The molecule has 0 aliphatic heterocycles. The van der Waals surface area contributed by atoms with E-state index >= 15 is 0 Å². The Morgan fingerprint density at radius 3 is 2.20 bits per heavy atom. The Morgan fingerprint density at radius 1 is 0.900 bits per heavy atom. The SMILES string of the molecule is Cc1c(-c2ccccc2)oc2c(C(=O)N(C)C(C)c3ccccc3)cccc2c1=O. The lowest BCUT2D eigenvalue weighted by Gasteiger charge is -2.25. The van der Waals surface area contributed by atoms with Crippen LogP contribution < -0.4 is 5.43 Å². The molecule has 150 valence electrons. The minimum Gasteiger partial charge on any atom is -0.455 e. The van der Waals surface area contributed by atoms with Crippen LogP contribution in [0.3, 0.4) is 0 Å². The van der Waals surface area contributed by atoms with E-state index in [1.165, 1.54) is 0 Å². The van der Waals surface area contributed by atoms with Crippen LogP contribution in [0.2, 0.25) is 0 Å². The quantitative estimate of drug-likeness (QED) is 0.450. The molecule has 4 nitrogen and oxygen atoms in total. The molecule has 0 bridgehead atoms. The van der Waals surface area contributed by atoms with Crippen molar-refractivity contribution < 1.29 is 9.21 Å². The molecule has 4 aromatic rings. The molecule has 1 unspecified atom stereocenters. The first-order chi connectivity index (χ1) is 14.5. The molecule has 3 aromatic carbocycles. The first-order valence-electron chi connectivity index (χ1n) is 9.93. The Morgan fingerprint density at radius 2 is 1.53 bits per heavy atom. The van der Waals surface area contributed by atoms with Gasteiger partial charge in [0.15, 0.2) is 11.0 Å². The van der Waals surface area contributed by atoms with Gasteiger partial charge in [-0.2, -0.15) is 0 Å². The second-order valence-corrected chi connectivity index (χ2v) is 7.44. The van der Waals surface area contributed by atoms with Crippen LogP contribution in [0.4, 0.5) is 0 Å². The summed E-state index contributed by atoms with van der Waals surface area (Å²) in [6, 6.07) is 24.4. The Hall–Kier alpha value is -3.66. The molecule has 0 saturated carbocycles. The Labute approximate surface area is 175 Å². The number of rotatable bonds is 4. The summed E-state index contributed by atoms with van der Waals surface area (Å²) in [5.41, 5.74) is 2.96. The van der Waals surface area contributed by atoms with Crippen LogP contribution in [0.15, 0.2) is 88.1 Å². The van der Waals surface area contributed by atoms with Gasteiger partial charge in [-0.15, -0.1) is 0 Å². The van der Waals surface area contributed by atoms with Crippen LogP contribution in [0.5, 0.6) is 0 Å². The molecule has 0 fully saturated rings. The highest BCUT2D eigenvalue weighted by Crippen LogP contribution is 2.29. The van der Waals surface area contributed by atoms with E-state index in [1.54, 1.807) is 37.1 Å². The van der Waals surface area contributed by atoms with Crippen molar-refractivity contribution >= 4 is 16.9 Å². The van der Waals surface area contributed by atoms with Gasteiger partial charge in [-0.3, -0.25) is 9.59 Å². The Bertz CT molecular complexity index is 1260. The normalized spacial score (nSPS) is 12.0. The third-order valence-electron chi connectivity index (χ3n) is 5.59. The molecule has 4 rings (SSSR count). The molecule has 30 heavy (non-hydrogen) atoms. The van der Waals surface area contributed by atoms with Gasteiger partial charge in [0.2, 0.25) is 0 Å². The van der Waals surface area contributed by atoms with Crippen molar-refractivity contribution in [3.05, 3.63) is 106 Å². The third kappa shape index (κ3) is 3.41. The zero-order valence-corrected chi connectivity index (χ0v) is 17.3. The summed E-state index contributed by atoms with van der Waals surface area (Å²) in [5, 5.41) is 0.416. The first-order valence-corrected chi connectivity index (χ1v) is 9.93. The fourth-order valence-electron chi connectivity index (χ4n) is 3.66. The zero-order chi connectivity index (χ0) is 21.3. The number of nitrogens with zero attached hydrogens (tertiary/aromatic N) is 1. The number of hydrogen-bond donors (Lipinski definition) is 0. The largest absolute Gasteiger partial charge is 0.455 e. The zero-order valence-electron chi connectivity index (χ0n) is 17.3. The summed E-state index contributed by atoms with van der Waals surface area (Å²) in [6.45, 7) is 3.74. The molecule has 0 aliphatic rings. The van der Waals surface area contributed by atoms with Crippen LogP contribution in [-0.4, -0.2) is 17.9 Å². The monoisotopic (exact) mass is 397 g/mol. The van der Waals surface area contributed by atoms with Gasteiger partial charge in [-0.25, -0.2) is 0 Å². The topological polar surface area (TPSA) is 50.5 Å².